The van der Waals surface area contributed by atoms with Gasteiger partial charge in [0.1, 0.15) is 9.84 Å². The molecule has 1 unspecified atom stereocenters. The third-order valence-electron chi connectivity index (χ3n) is 3.57. The molecule has 1 aliphatic carbocycles. The van der Waals surface area contributed by atoms with E-state index in [0.717, 1.165) is 18.9 Å². The zero-order valence-electron chi connectivity index (χ0n) is 10.0. The van der Waals surface area contributed by atoms with Crippen LogP contribution in [-0.2, 0) is 9.84 Å². The summed E-state index contributed by atoms with van der Waals surface area (Å²) in [6.45, 7) is 4.87. The van der Waals surface area contributed by atoms with E-state index in [1.807, 2.05) is 7.05 Å². The number of sulfone groups is 1. The van der Waals surface area contributed by atoms with E-state index in [2.05, 4.69) is 12.2 Å². The first kappa shape index (κ1) is 13.0. The summed E-state index contributed by atoms with van der Waals surface area (Å²) in [6.07, 6.45) is 3.34. The van der Waals surface area contributed by atoms with Crippen molar-refractivity contribution in [1.82, 2.24) is 5.32 Å². The predicted octanol–water partition coefficient (Wildman–Crippen LogP) is 1.45. The van der Waals surface area contributed by atoms with Crippen LogP contribution in [0, 0.1) is 11.3 Å². The Labute approximate surface area is 93.6 Å². The molecule has 0 aromatic rings. The summed E-state index contributed by atoms with van der Waals surface area (Å²) in [7, 11) is -0.865. The molecule has 1 N–H and O–H groups in total. The standard InChI is InChI=1S/C11H23NO2S/c1-4-15(13,14)8-7-11(2,9-12-3)10-5-6-10/h10,12H,4-9H2,1-3H3. The fourth-order valence-electron chi connectivity index (χ4n) is 2.15. The number of hydrogen-bond acceptors (Lipinski definition) is 3. The fraction of sp³-hybridized carbons (Fsp3) is 1.00. The highest BCUT2D eigenvalue weighted by atomic mass is 32.2. The molecule has 0 bridgehead atoms. The first-order valence-electron chi connectivity index (χ1n) is 5.78. The second-order valence-corrected chi connectivity index (χ2v) is 7.42. The molecule has 1 aliphatic rings. The molecule has 0 heterocycles. The summed E-state index contributed by atoms with van der Waals surface area (Å²) >= 11 is 0. The van der Waals surface area contributed by atoms with Crippen LogP contribution in [0.15, 0.2) is 0 Å². The molecule has 0 spiro atoms. The van der Waals surface area contributed by atoms with Crippen LogP contribution in [0.4, 0.5) is 0 Å². The van der Waals surface area contributed by atoms with Crippen molar-refractivity contribution in [2.24, 2.45) is 11.3 Å². The molecule has 1 atom stereocenters. The maximum Gasteiger partial charge on any atom is 0.150 e. The lowest BCUT2D eigenvalue weighted by molar-refractivity contribution is 0.255. The SMILES string of the molecule is CCS(=O)(=O)CCC(C)(CNC)C1CC1. The van der Waals surface area contributed by atoms with E-state index in [4.69, 9.17) is 0 Å². The molecular formula is C11H23NO2S. The van der Waals surface area contributed by atoms with Crippen molar-refractivity contribution in [3.05, 3.63) is 0 Å². The van der Waals surface area contributed by atoms with Crippen molar-refractivity contribution in [2.75, 3.05) is 25.1 Å². The Kier molecular flexibility index (Phi) is 4.18. The van der Waals surface area contributed by atoms with Crippen molar-refractivity contribution < 1.29 is 8.42 Å². The third kappa shape index (κ3) is 3.76. The highest BCUT2D eigenvalue weighted by Gasteiger charge is 2.41. The van der Waals surface area contributed by atoms with Crippen molar-refractivity contribution in [2.45, 2.75) is 33.1 Å². The Morgan fingerprint density at radius 2 is 2.00 bits per heavy atom. The second kappa shape index (κ2) is 4.83. The minimum Gasteiger partial charge on any atom is -0.319 e. The van der Waals surface area contributed by atoms with Gasteiger partial charge in [-0.25, -0.2) is 8.42 Å². The molecule has 0 radical (unpaired) electrons. The zero-order chi connectivity index (χ0) is 11.5. The van der Waals surface area contributed by atoms with E-state index < -0.39 is 9.84 Å². The quantitative estimate of drug-likeness (QED) is 0.724. The smallest absolute Gasteiger partial charge is 0.150 e. The van der Waals surface area contributed by atoms with Crippen molar-refractivity contribution in [3.63, 3.8) is 0 Å². The van der Waals surface area contributed by atoms with Crippen LogP contribution in [-0.4, -0.2) is 33.5 Å². The average molecular weight is 233 g/mol. The van der Waals surface area contributed by atoms with Gasteiger partial charge in [0.05, 0.1) is 5.75 Å². The van der Waals surface area contributed by atoms with Crippen LogP contribution in [0.3, 0.4) is 0 Å². The molecule has 0 saturated heterocycles. The lowest BCUT2D eigenvalue weighted by Crippen LogP contribution is -2.33. The molecule has 0 aromatic heterocycles. The lowest BCUT2D eigenvalue weighted by Gasteiger charge is -2.29. The first-order valence-corrected chi connectivity index (χ1v) is 7.60. The fourth-order valence-corrected chi connectivity index (χ4v) is 3.22. The molecule has 1 fully saturated rings. The molecule has 1 rings (SSSR count). The van der Waals surface area contributed by atoms with Gasteiger partial charge < -0.3 is 5.32 Å². The van der Waals surface area contributed by atoms with Gasteiger partial charge in [-0.1, -0.05) is 13.8 Å². The Bertz CT molecular complexity index is 296. The highest BCUT2D eigenvalue weighted by molar-refractivity contribution is 7.91. The van der Waals surface area contributed by atoms with Gasteiger partial charge in [0.15, 0.2) is 0 Å². The van der Waals surface area contributed by atoms with E-state index >= 15 is 0 Å². The van der Waals surface area contributed by atoms with E-state index in [-0.39, 0.29) is 11.2 Å². The van der Waals surface area contributed by atoms with Crippen LogP contribution in [0.25, 0.3) is 0 Å². The summed E-state index contributed by atoms with van der Waals surface area (Å²) in [5, 5.41) is 3.19. The summed E-state index contributed by atoms with van der Waals surface area (Å²) in [5.41, 5.74) is 0.178. The van der Waals surface area contributed by atoms with Gasteiger partial charge in [0.25, 0.3) is 0 Å². The van der Waals surface area contributed by atoms with E-state index in [9.17, 15) is 8.42 Å². The van der Waals surface area contributed by atoms with Gasteiger partial charge in [-0.3, -0.25) is 0 Å². The topological polar surface area (TPSA) is 46.2 Å². The maximum atomic E-state index is 11.5. The maximum absolute atomic E-state index is 11.5. The number of rotatable bonds is 7. The third-order valence-corrected chi connectivity index (χ3v) is 5.27. The molecule has 0 aliphatic heterocycles. The van der Waals surface area contributed by atoms with Crippen LogP contribution < -0.4 is 5.32 Å². The summed E-state index contributed by atoms with van der Waals surface area (Å²) in [4.78, 5) is 0. The zero-order valence-corrected chi connectivity index (χ0v) is 10.9. The monoisotopic (exact) mass is 233 g/mol. The van der Waals surface area contributed by atoms with Crippen LogP contribution in [0.5, 0.6) is 0 Å². The van der Waals surface area contributed by atoms with E-state index in [1.165, 1.54) is 12.8 Å². The first-order chi connectivity index (χ1) is 6.93. The normalized spacial score (nSPS) is 21.3. The molecule has 1 saturated carbocycles. The predicted molar refractivity (Wildman–Crippen MR) is 63.7 cm³/mol. The van der Waals surface area contributed by atoms with E-state index in [0.29, 0.717) is 5.75 Å². The Morgan fingerprint density at radius 3 is 2.40 bits per heavy atom. The summed E-state index contributed by atoms with van der Waals surface area (Å²) in [6, 6.07) is 0. The molecule has 4 heteroatoms. The molecule has 3 nitrogen and oxygen atoms in total. The van der Waals surface area contributed by atoms with E-state index in [1.54, 1.807) is 6.92 Å². The highest BCUT2D eigenvalue weighted by Crippen LogP contribution is 2.47. The molecule has 0 amide bonds. The molecular weight excluding hydrogens is 210 g/mol. The second-order valence-electron chi connectivity index (χ2n) is 4.95. The summed E-state index contributed by atoms with van der Waals surface area (Å²) < 4.78 is 22.9. The van der Waals surface area contributed by atoms with Crippen LogP contribution in [0.1, 0.15) is 33.1 Å². The number of nitrogens with one attached hydrogen (secondary N) is 1. The Morgan fingerprint density at radius 1 is 1.40 bits per heavy atom. The van der Waals surface area contributed by atoms with Gasteiger partial charge in [0, 0.05) is 12.3 Å². The van der Waals surface area contributed by atoms with Gasteiger partial charge in [-0.05, 0) is 37.6 Å². The minimum absolute atomic E-state index is 0.178. The van der Waals surface area contributed by atoms with Gasteiger partial charge in [-0.15, -0.1) is 0 Å². The number of hydrogen-bond donors (Lipinski definition) is 1. The largest absolute Gasteiger partial charge is 0.319 e. The van der Waals surface area contributed by atoms with Gasteiger partial charge in [-0.2, -0.15) is 0 Å². The minimum atomic E-state index is -2.80. The average Bonchev–Trinajstić information content (AvgIpc) is 2.99. The Hall–Kier alpha value is -0.0900. The van der Waals surface area contributed by atoms with Crippen LogP contribution in [0.2, 0.25) is 0 Å². The molecule has 0 aromatic carbocycles. The summed E-state index contributed by atoms with van der Waals surface area (Å²) in [5.74, 6) is 1.35. The van der Waals surface area contributed by atoms with Gasteiger partial charge >= 0.3 is 0 Å². The van der Waals surface area contributed by atoms with Crippen molar-refractivity contribution >= 4 is 9.84 Å². The lowest BCUT2D eigenvalue weighted by atomic mass is 9.82. The molecule has 90 valence electrons. The molecule has 15 heavy (non-hydrogen) atoms. The van der Waals surface area contributed by atoms with Crippen molar-refractivity contribution in [3.8, 4) is 0 Å². The Balaban J connectivity index is 2.52. The van der Waals surface area contributed by atoms with Gasteiger partial charge in [0.2, 0.25) is 0 Å². The van der Waals surface area contributed by atoms with Crippen molar-refractivity contribution in [1.29, 1.82) is 0 Å². The van der Waals surface area contributed by atoms with Crippen LogP contribution >= 0.6 is 0 Å².